The Kier molecular flexibility index (Phi) is 3.56. The predicted molar refractivity (Wildman–Crippen MR) is 62.5 cm³/mol. The van der Waals surface area contributed by atoms with Crippen molar-refractivity contribution in [2.24, 2.45) is 0 Å². The fraction of sp³-hybridized carbons (Fsp3) is 0.154. The van der Waals surface area contributed by atoms with E-state index in [1.165, 1.54) is 6.07 Å². The maximum Gasteiger partial charge on any atom is 0.431 e. The molecule has 0 atom stereocenters. The number of halogens is 6. The van der Waals surface area contributed by atoms with Gasteiger partial charge in [-0.2, -0.15) is 26.3 Å². The van der Waals surface area contributed by atoms with Crippen molar-refractivity contribution in [2.75, 3.05) is 0 Å². The van der Waals surface area contributed by atoms with Crippen LogP contribution in [0.4, 0.5) is 26.3 Å². The van der Waals surface area contributed by atoms with E-state index in [2.05, 4.69) is 0 Å². The number of pyridine rings is 1. The molecule has 0 fully saturated rings. The molecule has 2 nitrogen and oxygen atoms in total. The number of aromatic nitrogens is 1. The smallest absolute Gasteiger partial charge is 0.318 e. The topological polar surface area (TPSA) is 32.9 Å². The van der Waals surface area contributed by atoms with Crippen LogP contribution in [0.3, 0.4) is 0 Å². The molecule has 112 valence electrons. The molecule has 0 unspecified atom stereocenters. The largest absolute Gasteiger partial charge is 0.431 e. The number of hydrogen-bond acceptors (Lipinski definition) is 1. The number of hydrogen-bond donors (Lipinski definition) is 1. The highest BCUT2D eigenvalue weighted by Gasteiger charge is 2.35. The average molecular weight is 307 g/mol. The molecule has 0 saturated carbocycles. The lowest BCUT2D eigenvalue weighted by Crippen LogP contribution is -2.18. The van der Waals surface area contributed by atoms with E-state index in [1.54, 1.807) is 4.98 Å². The van der Waals surface area contributed by atoms with Crippen LogP contribution in [-0.4, -0.2) is 4.98 Å². The first-order valence-electron chi connectivity index (χ1n) is 5.58. The number of aromatic amines is 1. The lowest BCUT2D eigenvalue weighted by atomic mass is 10.0. The van der Waals surface area contributed by atoms with Crippen LogP contribution in [-0.2, 0) is 12.4 Å². The van der Waals surface area contributed by atoms with Gasteiger partial charge >= 0.3 is 12.4 Å². The maximum absolute atomic E-state index is 12.8. The second-order valence-electron chi connectivity index (χ2n) is 4.16. The summed E-state index contributed by atoms with van der Waals surface area (Å²) in [4.78, 5) is 13.2. The normalized spacial score (nSPS) is 12.5. The van der Waals surface area contributed by atoms with Crippen LogP contribution in [0.25, 0.3) is 11.1 Å². The van der Waals surface area contributed by atoms with E-state index in [-0.39, 0.29) is 0 Å². The zero-order valence-corrected chi connectivity index (χ0v) is 10.1. The van der Waals surface area contributed by atoms with Gasteiger partial charge in [-0.15, -0.1) is 0 Å². The molecule has 0 spiro atoms. The molecule has 1 aromatic heterocycles. The Morgan fingerprint density at radius 1 is 0.762 bits per heavy atom. The van der Waals surface area contributed by atoms with Gasteiger partial charge < -0.3 is 4.98 Å². The van der Waals surface area contributed by atoms with Gasteiger partial charge in [0.1, 0.15) is 5.69 Å². The minimum absolute atomic E-state index is 0.472. The summed E-state index contributed by atoms with van der Waals surface area (Å²) < 4.78 is 75.8. The molecule has 0 aliphatic carbocycles. The SMILES string of the molecule is O=c1[nH]c(C(F)(F)F)ccc1-c1ccccc1C(F)(F)F. The lowest BCUT2D eigenvalue weighted by Gasteiger charge is -2.13. The average Bonchev–Trinajstić information content (AvgIpc) is 2.36. The third kappa shape index (κ3) is 3.09. The highest BCUT2D eigenvalue weighted by Crippen LogP contribution is 2.36. The number of nitrogens with one attached hydrogen (secondary N) is 1. The molecule has 2 rings (SSSR count). The summed E-state index contributed by atoms with van der Waals surface area (Å²) in [6.45, 7) is 0. The molecule has 2 aromatic rings. The van der Waals surface area contributed by atoms with Gasteiger partial charge in [-0.25, -0.2) is 0 Å². The minimum Gasteiger partial charge on any atom is -0.318 e. The maximum atomic E-state index is 12.8. The van der Waals surface area contributed by atoms with E-state index < -0.39 is 40.3 Å². The molecule has 21 heavy (non-hydrogen) atoms. The highest BCUT2D eigenvalue weighted by atomic mass is 19.4. The Labute approximate surface area is 114 Å². The first kappa shape index (κ1) is 15.1. The van der Waals surface area contributed by atoms with Crippen molar-refractivity contribution in [3.8, 4) is 11.1 Å². The Hall–Kier alpha value is -2.25. The van der Waals surface area contributed by atoms with Crippen LogP contribution in [0.2, 0.25) is 0 Å². The Morgan fingerprint density at radius 2 is 1.38 bits per heavy atom. The minimum atomic E-state index is -4.78. The Bertz CT molecular complexity index is 714. The summed E-state index contributed by atoms with van der Waals surface area (Å²) >= 11 is 0. The van der Waals surface area contributed by atoms with Gasteiger partial charge in [0.05, 0.1) is 5.56 Å². The fourth-order valence-corrected chi connectivity index (χ4v) is 1.82. The zero-order valence-electron chi connectivity index (χ0n) is 10.1. The molecule has 0 bridgehead atoms. The number of benzene rings is 1. The summed E-state index contributed by atoms with van der Waals surface area (Å²) in [6.07, 6.45) is -9.49. The summed E-state index contributed by atoms with van der Waals surface area (Å²) in [5.74, 6) is 0. The van der Waals surface area contributed by atoms with E-state index in [1.807, 2.05) is 0 Å². The number of H-pyrrole nitrogens is 1. The van der Waals surface area contributed by atoms with Gasteiger partial charge in [-0.05, 0) is 23.8 Å². The van der Waals surface area contributed by atoms with Crippen molar-refractivity contribution in [3.05, 3.63) is 58.0 Å². The summed E-state index contributed by atoms with van der Waals surface area (Å²) in [6, 6.07) is 5.44. The zero-order chi connectivity index (χ0) is 15.8. The van der Waals surface area contributed by atoms with Crippen LogP contribution in [0.5, 0.6) is 0 Å². The Morgan fingerprint density at radius 3 is 1.90 bits per heavy atom. The quantitative estimate of drug-likeness (QED) is 0.791. The van der Waals surface area contributed by atoms with Gasteiger partial charge in [0, 0.05) is 5.56 Å². The third-order valence-corrected chi connectivity index (χ3v) is 2.74. The van der Waals surface area contributed by atoms with Crippen LogP contribution in [0.1, 0.15) is 11.3 Å². The van der Waals surface area contributed by atoms with Crippen molar-refractivity contribution < 1.29 is 26.3 Å². The molecule has 1 heterocycles. The number of alkyl halides is 6. The van der Waals surface area contributed by atoms with Gasteiger partial charge in [0.15, 0.2) is 0 Å². The van der Waals surface area contributed by atoms with Crippen molar-refractivity contribution in [1.29, 1.82) is 0 Å². The number of rotatable bonds is 1. The van der Waals surface area contributed by atoms with Crippen LogP contribution < -0.4 is 5.56 Å². The van der Waals surface area contributed by atoms with E-state index in [0.29, 0.717) is 6.07 Å². The van der Waals surface area contributed by atoms with Gasteiger partial charge in [0.2, 0.25) is 0 Å². The van der Waals surface area contributed by atoms with Gasteiger partial charge in [-0.3, -0.25) is 4.79 Å². The molecule has 8 heteroatoms. The fourth-order valence-electron chi connectivity index (χ4n) is 1.82. The van der Waals surface area contributed by atoms with E-state index in [9.17, 15) is 31.1 Å². The highest BCUT2D eigenvalue weighted by molar-refractivity contribution is 5.67. The molecule has 0 amide bonds. The van der Waals surface area contributed by atoms with Crippen molar-refractivity contribution in [2.45, 2.75) is 12.4 Å². The lowest BCUT2D eigenvalue weighted by molar-refractivity contribution is -0.141. The summed E-state index contributed by atoms with van der Waals surface area (Å²) in [5, 5.41) is 0. The van der Waals surface area contributed by atoms with Crippen LogP contribution in [0.15, 0.2) is 41.2 Å². The monoisotopic (exact) mass is 307 g/mol. The van der Waals surface area contributed by atoms with E-state index >= 15 is 0 Å². The van der Waals surface area contributed by atoms with E-state index in [0.717, 1.165) is 24.3 Å². The third-order valence-electron chi connectivity index (χ3n) is 2.74. The molecular weight excluding hydrogens is 300 g/mol. The molecule has 1 aromatic carbocycles. The van der Waals surface area contributed by atoms with Crippen molar-refractivity contribution in [3.63, 3.8) is 0 Å². The molecule has 0 saturated heterocycles. The molecule has 1 N–H and O–H groups in total. The van der Waals surface area contributed by atoms with Gasteiger partial charge in [-0.1, -0.05) is 18.2 Å². The molecule has 0 radical (unpaired) electrons. The molecule has 0 aliphatic rings. The first-order valence-corrected chi connectivity index (χ1v) is 5.58. The standard InChI is InChI=1S/C13H7F6NO/c14-12(15,16)9-4-2-1-3-7(9)8-5-6-10(13(17,18)19)20-11(8)21/h1-6H,(H,20,21). The summed E-state index contributed by atoms with van der Waals surface area (Å²) in [5.41, 5.74) is -4.59. The second kappa shape index (κ2) is 4.94. The first-order chi connectivity index (χ1) is 9.60. The van der Waals surface area contributed by atoms with Gasteiger partial charge in [0.25, 0.3) is 5.56 Å². The molecular formula is C13H7F6NO. The Balaban J connectivity index is 2.62. The van der Waals surface area contributed by atoms with Crippen LogP contribution in [0, 0.1) is 0 Å². The van der Waals surface area contributed by atoms with Crippen molar-refractivity contribution in [1.82, 2.24) is 4.98 Å². The van der Waals surface area contributed by atoms with Crippen molar-refractivity contribution >= 4 is 0 Å². The predicted octanol–water partition coefficient (Wildman–Crippen LogP) is 4.08. The van der Waals surface area contributed by atoms with E-state index in [4.69, 9.17) is 0 Å². The summed E-state index contributed by atoms with van der Waals surface area (Å²) in [7, 11) is 0. The van der Waals surface area contributed by atoms with Crippen LogP contribution >= 0.6 is 0 Å². The molecule has 0 aliphatic heterocycles. The second-order valence-corrected chi connectivity index (χ2v) is 4.16.